The van der Waals surface area contributed by atoms with Crippen LogP contribution in [0.3, 0.4) is 0 Å². The van der Waals surface area contributed by atoms with Crippen LogP contribution in [0.1, 0.15) is 48.0 Å². The number of benzene rings is 1. The maximum atomic E-state index is 13.0. The van der Waals surface area contributed by atoms with Crippen molar-refractivity contribution in [2.75, 3.05) is 11.1 Å². The van der Waals surface area contributed by atoms with E-state index < -0.39 is 34.8 Å². The highest BCUT2D eigenvalue weighted by molar-refractivity contribution is 6.04. The predicted molar refractivity (Wildman–Crippen MR) is 137 cm³/mol. The van der Waals surface area contributed by atoms with Gasteiger partial charge >= 0.3 is 12.3 Å². The number of hydrogen-bond donors (Lipinski definition) is 4. The number of carbonyl (C=O) groups is 2. The lowest BCUT2D eigenvalue weighted by Gasteiger charge is -2.28. The minimum absolute atomic E-state index is 0.200. The number of fused-ring (bicyclic) bond motifs is 3. The first-order chi connectivity index (χ1) is 19.0. The molecule has 4 aromatic rings. The van der Waals surface area contributed by atoms with Gasteiger partial charge < -0.3 is 21.5 Å². The molecule has 206 valence electrons. The van der Waals surface area contributed by atoms with Crippen molar-refractivity contribution in [3.63, 3.8) is 0 Å². The third-order valence-electron chi connectivity index (χ3n) is 7.87. The normalized spacial score (nSPS) is 22.0. The fraction of sp³-hybridized carbons (Fsp3) is 0.308. The Labute approximate surface area is 224 Å². The quantitative estimate of drug-likeness (QED) is 0.283. The summed E-state index contributed by atoms with van der Waals surface area (Å²) in [5.41, 5.74) is 6.26. The Morgan fingerprint density at radius 1 is 1.02 bits per heavy atom. The number of pyridine rings is 1. The fourth-order valence-corrected chi connectivity index (χ4v) is 6.01. The number of carbonyl (C=O) groups excluding carboxylic acids is 1. The van der Waals surface area contributed by atoms with E-state index in [0.29, 0.717) is 41.6 Å². The van der Waals surface area contributed by atoms with Crippen molar-refractivity contribution in [3.8, 4) is 11.3 Å². The molecule has 2 aliphatic carbocycles. The smallest absolute Gasteiger partial charge is 0.416 e. The van der Waals surface area contributed by atoms with Crippen molar-refractivity contribution in [2.45, 2.75) is 49.4 Å². The van der Waals surface area contributed by atoms with Crippen LogP contribution in [-0.4, -0.2) is 47.4 Å². The van der Waals surface area contributed by atoms with Crippen molar-refractivity contribution in [3.05, 3.63) is 60.0 Å². The lowest BCUT2D eigenvalue weighted by Crippen LogP contribution is -2.44. The molecule has 0 atom stereocenters. The number of aromatic nitrogens is 5. The molecule has 0 spiro atoms. The van der Waals surface area contributed by atoms with Gasteiger partial charge in [0.1, 0.15) is 23.7 Å². The highest BCUT2D eigenvalue weighted by Crippen LogP contribution is 2.55. The Bertz CT molecular complexity index is 1640. The molecule has 6 rings (SSSR count). The minimum Gasteiger partial charge on any atom is -0.465 e. The highest BCUT2D eigenvalue weighted by Gasteiger charge is 2.57. The van der Waals surface area contributed by atoms with Gasteiger partial charge in [0.2, 0.25) is 0 Å². The van der Waals surface area contributed by atoms with Crippen LogP contribution in [0, 0.1) is 0 Å². The second kappa shape index (κ2) is 8.89. The third-order valence-corrected chi connectivity index (χ3v) is 7.87. The average molecular weight is 553 g/mol. The molecule has 2 saturated carbocycles. The molecule has 14 heteroatoms. The molecule has 5 N–H and O–H groups in total. The Morgan fingerprint density at radius 3 is 2.42 bits per heavy atom. The van der Waals surface area contributed by atoms with E-state index in [1.54, 1.807) is 12.1 Å². The summed E-state index contributed by atoms with van der Waals surface area (Å²) in [6.45, 7) is 0. The Kier molecular flexibility index (Phi) is 5.68. The van der Waals surface area contributed by atoms with Gasteiger partial charge in [-0.15, -0.1) is 0 Å². The Hall–Kier alpha value is -4.75. The van der Waals surface area contributed by atoms with Gasteiger partial charge in [-0.25, -0.2) is 24.4 Å². The average Bonchev–Trinajstić information content (AvgIpc) is 3.59. The number of anilines is 2. The molecular weight excluding hydrogens is 529 g/mol. The molecule has 0 aliphatic heterocycles. The standard InChI is InChI=1S/C26H23F3N8O3/c27-26(28,29)16-5-10-31-17(11-16)34-22(38)15-3-1-14(2-4-15)19-18-20(30)32-13-33-21(18)37(36-19)25-8-6-24(12-25,7-9-25)35-23(39)40/h1-5,10-11,13,35H,6-9,12H2,(H,39,40)(H2,30,32,33)(H,31,34,38). The Morgan fingerprint density at radius 2 is 1.75 bits per heavy atom. The number of alkyl halides is 3. The summed E-state index contributed by atoms with van der Waals surface area (Å²) in [4.78, 5) is 36.5. The minimum atomic E-state index is -4.56. The number of hydrogen-bond acceptors (Lipinski definition) is 7. The van der Waals surface area contributed by atoms with Gasteiger partial charge in [-0.1, -0.05) is 12.1 Å². The summed E-state index contributed by atoms with van der Waals surface area (Å²) in [7, 11) is 0. The van der Waals surface area contributed by atoms with E-state index >= 15 is 0 Å². The zero-order chi connectivity index (χ0) is 28.3. The highest BCUT2D eigenvalue weighted by atomic mass is 19.4. The molecule has 0 radical (unpaired) electrons. The molecule has 0 unspecified atom stereocenters. The molecule has 40 heavy (non-hydrogen) atoms. The van der Waals surface area contributed by atoms with E-state index in [4.69, 9.17) is 10.8 Å². The first-order valence-electron chi connectivity index (χ1n) is 12.4. The number of nitrogens with zero attached hydrogens (tertiary/aromatic N) is 5. The fourth-order valence-electron chi connectivity index (χ4n) is 6.01. The summed E-state index contributed by atoms with van der Waals surface area (Å²) in [5, 5.41) is 19.9. The summed E-state index contributed by atoms with van der Waals surface area (Å²) >= 11 is 0. The molecule has 1 aromatic carbocycles. The van der Waals surface area contributed by atoms with Crippen LogP contribution >= 0.6 is 0 Å². The Balaban J connectivity index is 1.31. The van der Waals surface area contributed by atoms with Crippen LogP contribution in [0.4, 0.5) is 29.6 Å². The van der Waals surface area contributed by atoms with E-state index in [1.165, 1.54) is 18.5 Å². The van der Waals surface area contributed by atoms with E-state index in [-0.39, 0.29) is 17.2 Å². The van der Waals surface area contributed by atoms with Gasteiger partial charge in [0.05, 0.1) is 16.5 Å². The van der Waals surface area contributed by atoms with Gasteiger partial charge in [0.15, 0.2) is 5.65 Å². The lowest BCUT2D eigenvalue weighted by molar-refractivity contribution is -0.137. The molecule has 3 aromatic heterocycles. The lowest BCUT2D eigenvalue weighted by atomic mass is 9.91. The third kappa shape index (κ3) is 4.25. The first kappa shape index (κ1) is 25.5. The van der Waals surface area contributed by atoms with E-state index in [1.807, 2.05) is 4.68 Å². The van der Waals surface area contributed by atoms with Crippen LogP contribution in [0.15, 0.2) is 48.9 Å². The predicted octanol–water partition coefficient (Wildman–Crippen LogP) is 4.42. The number of amides is 2. The topological polar surface area (TPSA) is 161 Å². The molecule has 2 aliphatic rings. The monoisotopic (exact) mass is 552 g/mol. The maximum absolute atomic E-state index is 13.0. The molecule has 11 nitrogen and oxygen atoms in total. The van der Waals surface area contributed by atoms with Crippen molar-refractivity contribution in [2.24, 2.45) is 0 Å². The number of nitrogen functional groups attached to an aromatic ring is 1. The summed E-state index contributed by atoms with van der Waals surface area (Å²) < 4.78 is 40.8. The van der Waals surface area contributed by atoms with Gasteiger partial charge in [-0.3, -0.25) is 4.79 Å². The molecule has 2 bridgehead atoms. The zero-order valence-corrected chi connectivity index (χ0v) is 20.9. The SMILES string of the molecule is Nc1ncnc2c1c(-c1ccc(C(=O)Nc3cc(C(F)(F)F)ccn3)cc1)nn2C12CCC(NC(=O)O)(CC1)C2. The van der Waals surface area contributed by atoms with Gasteiger partial charge in [0, 0.05) is 22.9 Å². The van der Waals surface area contributed by atoms with Crippen molar-refractivity contribution in [1.82, 2.24) is 30.0 Å². The van der Waals surface area contributed by atoms with Crippen LogP contribution in [0.2, 0.25) is 0 Å². The second-order valence-corrected chi connectivity index (χ2v) is 10.3. The molecule has 2 amide bonds. The summed E-state index contributed by atoms with van der Waals surface area (Å²) in [5.74, 6) is -0.625. The van der Waals surface area contributed by atoms with Crippen molar-refractivity contribution >= 4 is 34.7 Å². The number of nitrogens with one attached hydrogen (secondary N) is 2. The van der Waals surface area contributed by atoms with Crippen molar-refractivity contribution < 1.29 is 27.9 Å². The van der Waals surface area contributed by atoms with Crippen LogP contribution in [0.25, 0.3) is 22.3 Å². The number of halogens is 3. The van der Waals surface area contributed by atoms with Gasteiger partial charge in [-0.2, -0.15) is 18.3 Å². The van der Waals surface area contributed by atoms with E-state index in [9.17, 15) is 27.9 Å². The molecular formula is C26H23F3N8O3. The number of rotatable bonds is 5. The summed E-state index contributed by atoms with van der Waals surface area (Å²) in [6, 6.07) is 7.94. The zero-order valence-electron chi connectivity index (χ0n) is 20.9. The van der Waals surface area contributed by atoms with Crippen LogP contribution < -0.4 is 16.4 Å². The van der Waals surface area contributed by atoms with Gasteiger partial charge in [-0.05, 0) is 56.4 Å². The number of carboxylic acid groups (broad SMARTS) is 1. The second-order valence-electron chi connectivity index (χ2n) is 10.3. The molecule has 3 heterocycles. The van der Waals surface area contributed by atoms with E-state index in [0.717, 1.165) is 31.2 Å². The first-order valence-corrected chi connectivity index (χ1v) is 12.4. The number of nitrogens with two attached hydrogens (primary N) is 1. The molecule has 0 saturated heterocycles. The largest absolute Gasteiger partial charge is 0.465 e. The maximum Gasteiger partial charge on any atom is 0.416 e. The van der Waals surface area contributed by atoms with Gasteiger partial charge in [0.25, 0.3) is 5.91 Å². The van der Waals surface area contributed by atoms with E-state index in [2.05, 4.69) is 25.6 Å². The summed E-state index contributed by atoms with van der Waals surface area (Å²) in [6.07, 6.45) is 0.0999. The van der Waals surface area contributed by atoms with Crippen LogP contribution in [0.5, 0.6) is 0 Å². The van der Waals surface area contributed by atoms with Crippen molar-refractivity contribution in [1.29, 1.82) is 0 Å². The molecule has 2 fully saturated rings. The van der Waals surface area contributed by atoms with Crippen LogP contribution in [-0.2, 0) is 11.7 Å².